The molecule has 1 aliphatic carbocycles. The second kappa shape index (κ2) is 12.4. The van der Waals surface area contributed by atoms with Crippen LogP contribution < -0.4 is 0 Å². The SMILES string of the molecule is CC1(C)C(c2ccc(C(=O)O)cc2)=CC[C@]2(C)CN(C(=O)c3ccccc3-c3nc4ccccc4n3CCN3CCS(=O)(=O)CC3)CC=C12. The van der Waals surface area contributed by atoms with E-state index >= 15 is 0 Å². The van der Waals surface area contributed by atoms with E-state index in [0.717, 1.165) is 34.4 Å². The van der Waals surface area contributed by atoms with Crippen LogP contribution >= 0.6 is 0 Å². The number of carboxylic acids is 1. The molecule has 1 amide bonds. The normalized spacial score (nSPS) is 21.9. The number of para-hydroxylation sites is 2. The highest BCUT2D eigenvalue weighted by Crippen LogP contribution is 2.55. The first-order valence-electron chi connectivity index (χ1n) is 16.9. The van der Waals surface area contributed by atoms with Gasteiger partial charge in [-0.3, -0.25) is 9.69 Å². The van der Waals surface area contributed by atoms with E-state index in [4.69, 9.17) is 4.98 Å². The number of nitrogens with zero attached hydrogens (tertiary/aromatic N) is 4. The molecule has 7 rings (SSSR count). The van der Waals surface area contributed by atoms with Gasteiger partial charge in [0, 0.05) is 55.7 Å². The van der Waals surface area contributed by atoms with Crippen molar-refractivity contribution in [1.82, 2.24) is 19.4 Å². The number of rotatable bonds is 7. The predicted octanol–water partition coefficient (Wildman–Crippen LogP) is 6.03. The highest BCUT2D eigenvalue weighted by atomic mass is 32.2. The lowest BCUT2D eigenvalue weighted by Gasteiger charge is -2.50. The summed E-state index contributed by atoms with van der Waals surface area (Å²) in [6.45, 7) is 10.1. The molecule has 49 heavy (non-hydrogen) atoms. The summed E-state index contributed by atoms with van der Waals surface area (Å²) in [5.74, 6) is 0.118. The van der Waals surface area contributed by atoms with Crippen LogP contribution in [0, 0.1) is 10.8 Å². The minimum absolute atomic E-state index is 0.0381. The van der Waals surface area contributed by atoms with Crippen molar-refractivity contribution in [3.05, 3.63) is 107 Å². The van der Waals surface area contributed by atoms with Crippen molar-refractivity contribution in [3.63, 3.8) is 0 Å². The Morgan fingerprint density at radius 2 is 1.57 bits per heavy atom. The van der Waals surface area contributed by atoms with E-state index in [1.165, 1.54) is 11.1 Å². The van der Waals surface area contributed by atoms with E-state index in [1.807, 2.05) is 65.6 Å². The van der Waals surface area contributed by atoms with Gasteiger partial charge in [-0.05, 0) is 47.9 Å². The molecular formula is C39H42N4O5S. The first-order chi connectivity index (χ1) is 23.4. The lowest BCUT2D eigenvalue weighted by molar-refractivity contribution is 0.0679. The van der Waals surface area contributed by atoms with Crippen molar-refractivity contribution in [2.75, 3.05) is 44.2 Å². The quantitative estimate of drug-likeness (QED) is 0.238. The molecule has 0 spiro atoms. The summed E-state index contributed by atoms with van der Waals surface area (Å²) in [5, 5.41) is 9.37. The van der Waals surface area contributed by atoms with Crippen molar-refractivity contribution < 1.29 is 23.1 Å². The van der Waals surface area contributed by atoms with Crippen LogP contribution in [0.4, 0.5) is 0 Å². The van der Waals surface area contributed by atoms with Gasteiger partial charge in [0.25, 0.3) is 5.91 Å². The molecule has 254 valence electrons. The van der Waals surface area contributed by atoms with E-state index in [0.29, 0.717) is 44.8 Å². The van der Waals surface area contributed by atoms with E-state index < -0.39 is 15.8 Å². The molecule has 1 atom stereocenters. The maximum absolute atomic E-state index is 14.5. The third-order valence-corrected chi connectivity index (χ3v) is 12.3. The number of allylic oxidation sites excluding steroid dienone is 2. The van der Waals surface area contributed by atoms with Gasteiger partial charge in [0.05, 0.1) is 33.7 Å². The number of aromatic nitrogens is 2. The maximum atomic E-state index is 14.5. The fraction of sp³-hybridized carbons (Fsp3) is 0.359. The Balaban J connectivity index is 1.17. The van der Waals surface area contributed by atoms with Crippen molar-refractivity contribution >= 4 is 38.3 Å². The second-order valence-electron chi connectivity index (χ2n) is 14.3. The van der Waals surface area contributed by atoms with Crippen LogP contribution in [0.15, 0.2) is 90.5 Å². The van der Waals surface area contributed by atoms with Crippen LogP contribution in [0.25, 0.3) is 28.0 Å². The standard InChI is InChI=1S/C39H42N4O5S/c1-38(2)31(27-12-14-28(15-13-27)37(45)46)16-18-39(3)26-42(19-17-34(38)39)36(44)30-9-5-4-8-29(30)35-40-32-10-6-7-11-33(32)43(35)21-20-41-22-24-49(47,48)25-23-41/h4-17H,18-26H2,1-3H3,(H,45,46)/t39-/m1/s1. The van der Waals surface area contributed by atoms with E-state index in [9.17, 15) is 23.1 Å². The number of imidazole rings is 1. The molecule has 1 fully saturated rings. The van der Waals surface area contributed by atoms with Gasteiger partial charge in [-0.1, -0.05) is 81.0 Å². The lowest BCUT2D eigenvalue weighted by atomic mass is 9.58. The zero-order chi connectivity index (χ0) is 34.6. The summed E-state index contributed by atoms with van der Waals surface area (Å²) in [6, 6.07) is 22.8. The number of fused-ring (bicyclic) bond motifs is 2. The smallest absolute Gasteiger partial charge is 0.335 e. The molecule has 1 aromatic heterocycles. The number of hydrogen-bond donors (Lipinski definition) is 1. The summed E-state index contributed by atoms with van der Waals surface area (Å²) in [6.07, 6.45) is 5.24. The van der Waals surface area contributed by atoms with E-state index in [1.54, 1.807) is 12.1 Å². The highest BCUT2D eigenvalue weighted by Gasteiger charge is 2.46. The molecule has 1 saturated heterocycles. The Kier molecular flexibility index (Phi) is 8.35. The number of carbonyl (C=O) groups is 2. The van der Waals surface area contributed by atoms with Crippen LogP contribution in [0.5, 0.6) is 0 Å². The molecule has 9 nitrogen and oxygen atoms in total. The molecule has 3 aliphatic rings. The number of benzene rings is 3. The molecule has 3 aromatic carbocycles. The van der Waals surface area contributed by atoms with Crippen molar-refractivity contribution in [2.24, 2.45) is 10.8 Å². The molecule has 0 bridgehead atoms. The Bertz CT molecular complexity index is 2120. The average Bonchev–Trinajstić information content (AvgIpc) is 3.45. The maximum Gasteiger partial charge on any atom is 0.335 e. The van der Waals surface area contributed by atoms with Gasteiger partial charge in [0.2, 0.25) is 0 Å². The molecule has 10 heteroatoms. The van der Waals surface area contributed by atoms with Crippen molar-refractivity contribution in [2.45, 2.75) is 33.7 Å². The molecule has 0 saturated carbocycles. The predicted molar refractivity (Wildman–Crippen MR) is 192 cm³/mol. The average molecular weight is 679 g/mol. The van der Waals surface area contributed by atoms with Gasteiger partial charge >= 0.3 is 5.97 Å². The van der Waals surface area contributed by atoms with Crippen molar-refractivity contribution in [3.8, 4) is 11.4 Å². The number of carboxylic acid groups (broad SMARTS) is 1. The molecule has 4 aromatic rings. The first kappa shape index (κ1) is 33.0. The topological polar surface area (TPSA) is 113 Å². The minimum atomic E-state index is -2.97. The lowest BCUT2D eigenvalue weighted by Crippen LogP contribution is -2.48. The third kappa shape index (κ3) is 6.12. The number of sulfone groups is 1. The molecule has 0 unspecified atom stereocenters. The van der Waals surface area contributed by atoms with Crippen LogP contribution in [-0.2, 0) is 16.4 Å². The van der Waals surface area contributed by atoms with Crippen LogP contribution in [0.1, 0.15) is 53.5 Å². The van der Waals surface area contributed by atoms with Crippen LogP contribution in [0.2, 0.25) is 0 Å². The van der Waals surface area contributed by atoms with Gasteiger partial charge in [-0.15, -0.1) is 0 Å². The molecular weight excluding hydrogens is 637 g/mol. The highest BCUT2D eigenvalue weighted by molar-refractivity contribution is 7.91. The number of hydrogen-bond acceptors (Lipinski definition) is 6. The Labute approximate surface area is 287 Å². The van der Waals surface area contributed by atoms with Crippen LogP contribution in [0.3, 0.4) is 0 Å². The molecule has 3 heterocycles. The Morgan fingerprint density at radius 1 is 0.878 bits per heavy atom. The van der Waals surface area contributed by atoms with E-state index in [-0.39, 0.29) is 33.8 Å². The van der Waals surface area contributed by atoms with Gasteiger partial charge < -0.3 is 14.6 Å². The number of aromatic carboxylic acids is 1. The third-order valence-electron chi connectivity index (χ3n) is 10.7. The molecule has 1 N–H and O–H groups in total. The van der Waals surface area contributed by atoms with Gasteiger partial charge in [-0.25, -0.2) is 18.2 Å². The molecule has 2 aliphatic heterocycles. The summed E-state index contributed by atoms with van der Waals surface area (Å²) in [4.78, 5) is 35.1. The second-order valence-corrected chi connectivity index (χ2v) is 16.6. The van der Waals surface area contributed by atoms with Gasteiger partial charge in [0.1, 0.15) is 5.82 Å². The van der Waals surface area contributed by atoms with Gasteiger partial charge in [-0.2, -0.15) is 0 Å². The fourth-order valence-corrected chi connectivity index (χ4v) is 9.39. The Hall–Kier alpha value is -4.54. The minimum Gasteiger partial charge on any atom is -0.478 e. The zero-order valence-electron chi connectivity index (χ0n) is 28.2. The molecule has 0 radical (unpaired) electrons. The van der Waals surface area contributed by atoms with Crippen molar-refractivity contribution in [1.29, 1.82) is 0 Å². The monoisotopic (exact) mass is 678 g/mol. The summed E-state index contributed by atoms with van der Waals surface area (Å²) in [7, 11) is -2.97. The number of carbonyl (C=O) groups excluding carboxylic acids is 1. The van der Waals surface area contributed by atoms with E-state index in [2.05, 4.69) is 42.4 Å². The summed E-state index contributed by atoms with van der Waals surface area (Å²) < 4.78 is 26.2. The largest absolute Gasteiger partial charge is 0.478 e. The van der Waals surface area contributed by atoms with Crippen LogP contribution in [-0.4, -0.2) is 89.0 Å². The summed E-state index contributed by atoms with van der Waals surface area (Å²) in [5.41, 5.74) is 6.40. The summed E-state index contributed by atoms with van der Waals surface area (Å²) >= 11 is 0. The van der Waals surface area contributed by atoms with Gasteiger partial charge in [0.15, 0.2) is 9.84 Å². The number of amides is 1. The Morgan fingerprint density at radius 3 is 2.31 bits per heavy atom. The first-order valence-corrected chi connectivity index (χ1v) is 18.7. The fourth-order valence-electron chi connectivity index (χ4n) is 8.11. The zero-order valence-corrected chi connectivity index (χ0v) is 29.0.